The van der Waals surface area contributed by atoms with Gasteiger partial charge in [0.25, 0.3) is 6.01 Å². The summed E-state index contributed by atoms with van der Waals surface area (Å²) in [5, 5.41) is 9.93. The van der Waals surface area contributed by atoms with Crippen LogP contribution in [0.3, 0.4) is 0 Å². The second kappa shape index (κ2) is 8.45. The molecule has 4 aromatic carbocycles. The van der Waals surface area contributed by atoms with Gasteiger partial charge in [-0.25, -0.2) is 4.79 Å². The van der Waals surface area contributed by atoms with Gasteiger partial charge in [0.2, 0.25) is 0 Å². The highest BCUT2D eigenvalue weighted by atomic mass is 35.5. The summed E-state index contributed by atoms with van der Waals surface area (Å²) < 4.78 is 5.80. The van der Waals surface area contributed by atoms with Crippen LogP contribution in [-0.4, -0.2) is 21.0 Å². The van der Waals surface area contributed by atoms with Gasteiger partial charge >= 0.3 is 5.97 Å². The van der Waals surface area contributed by atoms with Crippen LogP contribution in [0.4, 0.5) is 0 Å². The summed E-state index contributed by atoms with van der Waals surface area (Å²) >= 11 is 6.62. The molecule has 0 aliphatic rings. The molecular weight excluding hydrogens is 436 g/mol. The van der Waals surface area contributed by atoms with Gasteiger partial charge in [-0.3, -0.25) is 0 Å². The first-order valence-corrected chi connectivity index (χ1v) is 10.7. The predicted octanol–water partition coefficient (Wildman–Crippen LogP) is 7.35. The number of aromatic carboxylic acids is 1. The molecule has 5 rings (SSSR count). The number of aryl methyl sites for hydroxylation is 1. The number of hydrogen-bond acceptors (Lipinski definition) is 3. The molecule has 0 unspecified atom stereocenters. The van der Waals surface area contributed by atoms with Gasteiger partial charge in [0.1, 0.15) is 5.75 Å². The van der Waals surface area contributed by atoms with E-state index in [0.29, 0.717) is 21.9 Å². The molecule has 33 heavy (non-hydrogen) atoms. The largest absolute Gasteiger partial charge is 0.478 e. The molecule has 5 nitrogen and oxygen atoms in total. The van der Waals surface area contributed by atoms with Gasteiger partial charge < -0.3 is 14.8 Å². The first-order chi connectivity index (χ1) is 16.0. The maximum atomic E-state index is 11.4. The fourth-order valence-corrected chi connectivity index (χ4v) is 4.05. The number of imidazole rings is 1. The highest BCUT2D eigenvalue weighted by molar-refractivity contribution is 6.34. The maximum Gasteiger partial charge on any atom is 0.336 e. The predicted molar refractivity (Wildman–Crippen MR) is 130 cm³/mol. The van der Waals surface area contributed by atoms with Crippen LogP contribution in [-0.2, 0) is 0 Å². The second-order valence-corrected chi connectivity index (χ2v) is 8.13. The van der Waals surface area contributed by atoms with Crippen LogP contribution in [0.15, 0.2) is 84.9 Å². The maximum absolute atomic E-state index is 11.4. The van der Waals surface area contributed by atoms with Gasteiger partial charge in [0.15, 0.2) is 0 Å². The molecule has 2 N–H and O–H groups in total. The molecule has 0 amide bonds. The molecule has 0 saturated heterocycles. The summed E-state index contributed by atoms with van der Waals surface area (Å²) in [4.78, 5) is 19.0. The van der Waals surface area contributed by atoms with Crippen molar-refractivity contribution in [2.45, 2.75) is 6.92 Å². The van der Waals surface area contributed by atoms with Crippen LogP contribution in [0.5, 0.6) is 11.8 Å². The van der Waals surface area contributed by atoms with Gasteiger partial charge in [0, 0.05) is 5.56 Å². The van der Waals surface area contributed by atoms with Crippen molar-refractivity contribution in [3.8, 4) is 34.0 Å². The van der Waals surface area contributed by atoms with Crippen molar-refractivity contribution in [2.75, 3.05) is 0 Å². The Bertz CT molecular complexity index is 1490. The quantitative estimate of drug-likeness (QED) is 0.291. The van der Waals surface area contributed by atoms with Crippen LogP contribution in [0.25, 0.3) is 33.3 Å². The van der Waals surface area contributed by atoms with Crippen LogP contribution < -0.4 is 4.74 Å². The minimum Gasteiger partial charge on any atom is -0.478 e. The lowest BCUT2D eigenvalue weighted by atomic mass is 9.99. The van der Waals surface area contributed by atoms with E-state index >= 15 is 0 Å². The van der Waals surface area contributed by atoms with Crippen molar-refractivity contribution in [2.24, 2.45) is 0 Å². The van der Waals surface area contributed by atoms with Crippen molar-refractivity contribution in [3.63, 3.8) is 0 Å². The summed E-state index contributed by atoms with van der Waals surface area (Å²) in [6.45, 7) is 1.74. The number of H-pyrrole nitrogens is 1. The third-order valence-corrected chi connectivity index (χ3v) is 5.80. The van der Waals surface area contributed by atoms with E-state index in [4.69, 9.17) is 16.3 Å². The normalized spacial score (nSPS) is 11.0. The van der Waals surface area contributed by atoms with Gasteiger partial charge in [0.05, 0.1) is 21.6 Å². The first kappa shape index (κ1) is 20.8. The molecule has 0 atom stereocenters. The third-order valence-electron chi connectivity index (χ3n) is 5.48. The van der Waals surface area contributed by atoms with Crippen molar-refractivity contribution in [1.82, 2.24) is 9.97 Å². The highest BCUT2D eigenvalue weighted by Gasteiger charge is 2.13. The molecule has 0 bridgehead atoms. The molecule has 0 aliphatic carbocycles. The monoisotopic (exact) mass is 454 g/mol. The SMILES string of the molecule is Cc1ccc(Oc2nc3cc(-c4cccc(-c5ccccc5)c4)c(Cl)cc3[nH]2)cc1C(=O)O. The first-order valence-electron chi connectivity index (χ1n) is 10.3. The molecule has 162 valence electrons. The lowest BCUT2D eigenvalue weighted by Gasteiger charge is -2.08. The number of carbonyl (C=O) groups is 1. The number of rotatable bonds is 5. The number of halogens is 1. The molecule has 0 spiro atoms. The molecular formula is C27H19ClN2O3. The van der Waals surface area contributed by atoms with E-state index in [1.165, 1.54) is 6.07 Å². The Kier molecular flexibility index (Phi) is 5.32. The summed E-state index contributed by atoms with van der Waals surface area (Å²) in [7, 11) is 0. The number of benzene rings is 4. The van der Waals surface area contributed by atoms with E-state index in [1.807, 2.05) is 42.5 Å². The molecule has 1 aromatic heterocycles. The van der Waals surface area contributed by atoms with Gasteiger partial charge in [-0.15, -0.1) is 0 Å². The van der Waals surface area contributed by atoms with Crippen LogP contribution in [0.2, 0.25) is 5.02 Å². The Morgan fingerprint density at radius 2 is 1.67 bits per heavy atom. The standard InChI is InChI=1S/C27H19ClN2O3/c1-16-10-11-20(13-21(16)26(31)32)33-27-29-24-14-22(23(28)15-25(24)30-27)19-9-5-8-18(12-19)17-6-3-2-4-7-17/h2-15H,1H3,(H,29,30)(H,31,32). The summed E-state index contributed by atoms with van der Waals surface area (Å²) in [5.74, 6) is -0.615. The number of carboxylic acids is 1. The summed E-state index contributed by atoms with van der Waals surface area (Å²) in [6.07, 6.45) is 0. The van der Waals surface area contributed by atoms with Crippen molar-refractivity contribution in [1.29, 1.82) is 0 Å². The number of aromatic nitrogens is 2. The van der Waals surface area contributed by atoms with Gasteiger partial charge in [-0.2, -0.15) is 4.98 Å². The zero-order chi connectivity index (χ0) is 22.9. The molecule has 0 saturated carbocycles. The third kappa shape index (κ3) is 4.19. The molecule has 0 aliphatic heterocycles. The van der Waals surface area contributed by atoms with Crippen LogP contribution >= 0.6 is 11.6 Å². The summed E-state index contributed by atoms with van der Waals surface area (Å²) in [6, 6.07) is 27.3. The molecule has 0 fully saturated rings. The lowest BCUT2D eigenvalue weighted by molar-refractivity contribution is 0.0695. The lowest BCUT2D eigenvalue weighted by Crippen LogP contribution is -2.00. The molecule has 1 heterocycles. The number of ether oxygens (including phenoxy) is 1. The number of nitrogens with zero attached hydrogens (tertiary/aromatic N) is 1. The number of hydrogen-bond donors (Lipinski definition) is 2. The van der Waals surface area contributed by atoms with E-state index in [0.717, 1.165) is 27.8 Å². The van der Waals surface area contributed by atoms with Crippen LogP contribution in [0, 0.1) is 6.92 Å². The Labute approximate surface area is 195 Å². The van der Waals surface area contributed by atoms with Gasteiger partial charge in [-0.1, -0.05) is 66.2 Å². The Morgan fingerprint density at radius 1 is 0.909 bits per heavy atom. The van der Waals surface area contributed by atoms with E-state index in [2.05, 4.69) is 34.2 Å². The average molecular weight is 455 g/mol. The minimum atomic E-state index is -1.00. The van der Waals surface area contributed by atoms with Crippen molar-refractivity contribution >= 4 is 28.6 Å². The van der Waals surface area contributed by atoms with E-state index in [-0.39, 0.29) is 11.6 Å². The molecule has 5 aromatic rings. The van der Waals surface area contributed by atoms with Crippen LogP contribution in [0.1, 0.15) is 15.9 Å². The molecule has 6 heteroatoms. The van der Waals surface area contributed by atoms with Crippen molar-refractivity contribution < 1.29 is 14.6 Å². The fourth-order valence-electron chi connectivity index (χ4n) is 3.78. The second-order valence-electron chi connectivity index (χ2n) is 7.72. The zero-order valence-electron chi connectivity index (χ0n) is 17.7. The topological polar surface area (TPSA) is 75.2 Å². The highest BCUT2D eigenvalue weighted by Crippen LogP contribution is 2.35. The fraction of sp³-hybridized carbons (Fsp3) is 0.0370. The Balaban J connectivity index is 1.49. The number of carboxylic acid groups (broad SMARTS) is 1. The number of aromatic amines is 1. The van der Waals surface area contributed by atoms with Gasteiger partial charge in [-0.05, 0) is 59.5 Å². The average Bonchev–Trinajstić information content (AvgIpc) is 3.21. The Morgan fingerprint density at radius 3 is 2.45 bits per heavy atom. The van der Waals surface area contributed by atoms with E-state index in [1.54, 1.807) is 19.1 Å². The Hall–Kier alpha value is -4.09. The smallest absolute Gasteiger partial charge is 0.336 e. The molecule has 0 radical (unpaired) electrons. The van der Waals surface area contributed by atoms with Crippen molar-refractivity contribution in [3.05, 3.63) is 101 Å². The number of nitrogens with one attached hydrogen (secondary N) is 1. The number of fused-ring (bicyclic) bond motifs is 1. The zero-order valence-corrected chi connectivity index (χ0v) is 18.4. The summed E-state index contributed by atoms with van der Waals surface area (Å²) in [5.41, 5.74) is 6.35. The minimum absolute atomic E-state index is 0.187. The van der Waals surface area contributed by atoms with E-state index in [9.17, 15) is 9.90 Å². The van der Waals surface area contributed by atoms with E-state index < -0.39 is 5.97 Å².